The maximum absolute atomic E-state index is 12.8. The number of aryl methyl sites for hydroxylation is 1. The second kappa shape index (κ2) is 7.23. The van der Waals surface area contributed by atoms with Crippen LogP contribution in [0.2, 0.25) is 0 Å². The van der Waals surface area contributed by atoms with Gasteiger partial charge in [-0.05, 0) is 49.4 Å². The number of carbonyl (C=O) groups excluding carboxylic acids is 1. The van der Waals surface area contributed by atoms with Crippen LogP contribution in [0.15, 0.2) is 66.2 Å². The Morgan fingerprint density at radius 3 is 2.59 bits per heavy atom. The standard InChI is InChI=1S/C21H15N5OS2/c1-13-17-11-18(29-21(17)26(25-13)16-5-3-2-4-6-16)19(27)23-15-9-7-14(8-10-15)20-24-22-12-28-20/h2-12H,1H3,(H,23,27). The Bertz CT molecular complexity index is 1290. The summed E-state index contributed by atoms with van der Waals surface area (Å²) in [5.74, 6) is -0.131. The number of nitrogens with zero attached hydrogens (tertiary/aromatic N) is 4. The minimum atomic E-state index is -0.131. The van der Waals surface area contributed by atoms with Crippen LogP contribution in [0.3, 0.4) is 0 Å². The van der Waals surface area contributed by atoms with Gasteiger partial charge in [-0.25, -0.2) is 4.68 Å². The predicted octanol–water partition coefficient (Wildman–Crippen LogP) is 5.17. The van der Waals surface area contributed by atoms with Gasteiger partial charge in [0.15, 0.2) is 0 Å². The number of hydrogen-bond acceptors (Lipinski definition) is 6. The van der Waals surface area contributed by atoms with Crippen molar-refractivity contribution >= 4 is 44.5 Å². The van der Waals surface area contributed by atoms with Crippen LogP contribution in [0.5, 0.6) is 0 Å². The number of anilines is 1. The smallest absolute Gasteiger partial charge is 0.265 e. The molecule has 0 radical (unpaired) electrons. The number of thiophene rings is 1. The van der Waals surface area contributed by atoms with E-state index in [9.17, 15) is 4.79 Å². The summed E-state index contributed by atoms with van der Waals surface area (Å²) in [5.41, 5.74) is 5.30. The third-order valence-electron chi connectivity index (χ3n) is 4.52. The summed E-state index contributed by atoms with van der Waals surface area (Å²) in [6.45, 7) is 1.96. The van der Waals surface area contributed by atoms with E-state index in [4.69, 9.17) is 0 Å². The van der Waals surface area contributed by atoms with Gasteiger partial charge in [-0.3, -0.25) is 4.79 Å². The average Bonchev–Trinajstić information content (AvgIpc) is 3.48. The zero-order valence-corrected chi connectivity index (χ0v) is 17.0. The number of aromatic nitrogens is 4. The van der Waals surface area contributed by atoms with E-state index in [2.05, 4.69) is 20.6 Å². The maximum atomic E-state index is 12.8. The van der Waals surface area contributed by atoms with Crippen molar-refractivity contribution in [2.24, 2.45) is 0 Å². The van der Waals surface area contributed by atoms with E-state index in [-0.39, 0.29) is 5.91 Å². The lowest BCUT2D eigenvalue weighted by Crippen LogP contribution is -2.10. The summed E-state index contributed by atoms with van der Waals surface area (Å²) in [6, 6.07) is 19.5. The molecule has 3 heterocycles. The molecule has 0 aliphatic carbocycles. The lowest BCUT2D eigenvalue weighted by Gasteiger charge is -2.04. The molecule has 0 saturated heterocycles. The second-order valence-electron chi connectivity index (χ2n) is 6.44. The highest BCUT2D eigenvalue weighted by Crippen LogP contribution is 2.31. The molecule has 0 spiro atoms. The Morgan fingerprint density at radius 1 is 1.07 bits per heavy atom. The van der Waals surface area contributed by atoms with Gasteiger partial charge in [-0.2, -0.15) is 5.10 Å². The number of fused-ring (bicyclic) bond motifs is 1. The first-order valence-corrected chi connectivity index (χ1v) is 10.6. The highest BCUT2D eigenvalue weighted by atomic mass is 32.1. The fraction of sp³-hybridized carbons (Fsp3) is 0.0476. The van der Waals surface area contributed by atoms with E-state index in [1.807, 2.05) is 72.3 Å². The quantitative estimate of drug-likeness (QED) is 0.438. The van der Waals surface area contributed by atoms with Crippen molar-refractivity contribution in [3.05, 3.63) is 76.7 Å². The van der Waals surface area contributed by atoms with E-state index in [0.717, 1.165) is 37.9 Å². The molecular formula is C21H15N5OS2. The van der Waals surface area contributed by atoms with Crippen LogP contribution in [-0.2, 0) is 0 Å². The van der Waals surface area contributed by atoms with Crippen molar-refractivity contribution < 1.29 is 4.79 Å². The number of benzene rings is 2. The number of nitrogens with one attached hydrogen (secondary N) is 1. The van der Waals surface area contributed by atoms with E-state index >= 15 is 0 Å². The van der Waals surface area contributed by atoms with Crippen LogP contribution in [0.1, 0.15) is 15.4 Å². The summed E-state index contributed by atoms with van der Waals surface area (Å²) in [7, 11) is 0. The van der Waals surface area contributed by atoms with Gasteiger partial charge in [0, 0.05) is 16.6 Å². The lowest BCUT2D eigenvalue weighted by molar-refractivity contribution is 0.103. The zero-order chi connectivity index (χ0) is 19.8. The topological polar surface area (TPSA) is 72.7 Å². The molecule has 3 aromatic heterocycles. The number of hydrogen-bond donors (Lipinski definition) is 1. The van der Waals surface area contributed by atoms with Gasteiger partial charge in [0.1, 0.15) is 15.3 Å². The maximum Gasteiger partial charge on any atom is 0.265 e. The fourth-order valence-corrected chi connectivity index (χ4v) is 4.73. The SMILES string of the molecule is Cc1nn(-c2ccccc2)c2sc(C(=O)Nc3ccc(-c4nncs4)cc3)cc12. The first-order valence-electron chi connectivity index (χ1n) is 8.91. The molecule has 5 rings (SSSR count). The molecule has 0 fully saturated rings. The van der Waals surface area contributed by atoms with Crippen molar-refractivity contribution in [3.8, 4) is 16.3 Å². The molecule has 2 aromatic carbocycles. The van der Waals surface area contributed by atoms with Crippen LogP contribution in [0.4, 0.5) is 5.69 Å². The molecule has 142 valence electrons. The zero-order valence-electron chi connectivity index (χ0n) is 15.4. The van der Waals surface area contributed by atoms with Crippen molar-refractivity contribution in [2.75, 3.05) is 5.32 Å². The molecule has 5 aromatic rings. The highest BCUT2D eigenvalue weighted by Gasteiger charge is 2.17. The van der Waals surface area contributed by atoms with Gasteiger partial charge < -0.3 is 5.32 Å². The molecule has 8 heteroatoms. The molecule has 0 unspecified atom stereocenters. The third-order valence-corrected chi connectivity index (χ3v) is 6.37. The van der Waals surface area contributed by atoms with Gasteiger partial charge in [0.2, 0.25) is 0 Å². The molecule has 0 aliphatic rings. The summed E-state index contributed by atoms with van der Waals surface area (Å²) >= 11 is 2.92. The lowest BCUT2D eigenvalue weighted by atomic mass is 10.2. The van der Waals surface area contributed by atoms with Crippen LogP contribution in [-0.4, -0.2) is 25.9 Å². The predicted molar refractivity (Wildman–Crippen MR) is 117 cm³/mol. The van der Waals surface area contributed by atoms with E-state index in [1.54, 1.807) is 5.51 Å². The number of amides is 1. The molecule has 1 amide bonds. The summed E-state index contributed by atoms with van der Waals surface area (Å²) in [5, 5.41) is 17.4. The fourth-order valence-electron chi connectivity index (χ4n) is 3.09. The monoisotopic (exact) mass is 417 g/mol. The molecule has 1 N–H and O–H groups in total. The first kappa shape index (κ1) is 17.7. The second-order valence-corrected chi connectivity index (χ2v) is 8.30. The average molecular weight is 418 g/mol. The summed E-state index contributed by atoms with van der Waals surface area (Å²) < 4.78 is 1.89. The van der Waals surface area contributed by atoms with Crippen molar-refractivity contribution in [2.45, 2.75) is 6.92 Å². The molecule has 29 heavy (non-hydrogen) atoms. The van der Waals surface area contributed by atoms with E-state index in [0.29, 0.717) is 4.88 Å². The molecule has 0 aliphatic heterocycles. The Labute approximate surface area is 174 Å². The van der Waals surface area contributed by atoms with Crippen LogP contribution in [0.25, 0.3) is 26.5 Å². The van der Waals surface area contributed by atoms with Crippen molar-refractivity contribution in [1.82, 2.24) is 20.0 Å². The van der Waals surface area contributed by atoms with Crippen LogP contribution >= 0.6 is 22.7 Å². The number of rotatable bonds is 4. The van der Waals surface area contributed by atoms with Gasteiger partial charge in [-0.15, -0.1) is 21.5 Å². The Hall–Kier alpha value is -3.36. The molecule has 0 saturated carbocycles. The van der Waals surface area contributed by atoms with Gasteiger partial charge in [0.05, 0.1) is 16.3 Å². The Balaban J connectivity index is 1.41. The third kappa shape index (κ3) is 3.32. The largest absolute Gasteiger partial charge is 0.321 e. The minimum Gasteiger partial charge on any atom is -0.321 e. The number of carbonyl (C=O) groups is 1. The van der Waals surface area contributed by atoms with Crippen LogP contribution in [0, 0.1) is 6.92 Å². The Morgan fingerprint density at radius 2 is 1.86 bits per heavy atom. The first-order chi connectivity index (χ1) is 14.2. The highest BCUT2D eigenvalue weighted by molar-refractivity contribution is 7.20. The van der Waals surface area contributed by atoms with Crippen molar-refractivity contribution in [1.29, 1.82) is 0 Å². The Kier molecular flexibility index (Phi) is 4.42. The molecule has 0 bridgehead atoms. The minimum absolute atomic E-state index is 0.131. The molecule has 0 atom stereocenters. The van der Waals surface area contributed by atoms with Gasteiger partial charge >= 0.3 is 0 Å². The number of para-hydroxylation sites is 1. The summed E-state index contributed by atoms with van der Waals surface area (Å²) in [4.78, 5) is 14.4. The van der Waals surface area contributed by atoms with Crippen LogP contribution < -0.4 is 5.32 Å². The molecule has 6 nitrogen and oxygen atoms in total. The molecular weight excluding hydrogens is 402 g/mol. The van der Waals surface area contributed by atoms with E-state index < -0.39 is 0 Å². The van der Waals surface area contributed by atoms with E-state index in [1.165, 1.54) is 22.7 Å². The van der Waals surface area contributed by atoms with Gasteiger partial charge in [-0.1, -0.05) is 29.5 Å². The summed E-state index contributed by atoms with van der Waals surface area (Å²) in [6.07, 6.45) is 0. The van der Waals surface area contributed by atoms with Gasteiger partial charge in [0.25, 0.3) is 5.91 Å². The normalized spacial score (nSPS) is 11.1. The van der Waals surface area contributed by atoms with Crippen molar-refractivity contribution in [3.63, 3.8) is 0 Å².